The molecule has 1 heterocycles. The molecule has 0 bridgehead atoms. The van der Waals surface area contributed by atoms with E-state index in [1.807, 2.05) is 17.5 Å². The van der Waals surface area contributed by atoms with E-state index < -0.39 is 0 Å². The van der Waals surface area contributed by atoms with Crippen LogP contribution in [0.4, 0.5) is 0 Å². The van der Waals surface area contributed by atoms with Gasteiger partial charge < -0.3 is 0 Å². The molecule has 0 unspecified atom stereocenters. The Balaban J connectivity index is 2.73. The number of nitrogens with zero attached hydrogens (tertiary/aromatic N) is 1. The molecule has 15 heavy (non-hydrogen) atoms. The van der Waals surface area contributed by atoms with Gasteiger partial charge in [-0.25, -0.2) is 4.98 Å². The van der Waals surface area contributed by atoms with E-state index >= 15 is 0 Å². The molecule has 0 radical (unpaired) electrons. The second kappa shape index (κ2) is 6.36. The van der Waals surface area contributed by atoms with Crippen LogP contribution in [0.2, 0.25) is 0 Å². The van der Waals surface area contributed by atoms with Gasteiger partial charge in [-0.1, -0.05) is 45.2 Å². The van der Waals surface area contributed by atoms with Crippen molar-refractivity contribution in [3.8, 4) is 0 Å². The van der Waals surface area contributed by atoms with Crippen molar-refractivity contribution in [3.05, 3.63) is 16.1 Å². The lowest BCUT2D eigenvalue weighted by Gasteiger charge is -2.29. The predicted octanol–water partition coefficient (Wildman–Crippen LogP) is 4.57. The Bertz CT molecular complexity index is 295. The van der Waals surface area contributed by atoms with Crippen molar-refractivity contribution in [1.29, 1.82) is 0 Å². The van der Waals surface area contributed by atoms with Crippen molar-refractivity contribution in [2.24, 2.45) is 5.41 Å². The number of hydrogen-bond donors (Lipinski definition) is 0. The largest absolute Gasteiger partial charge is 0.250 e. The van der Waals surface area contributed by atoms with Crippen LogP contribution in [0.5, 0.6) is 0 Å². The summed E-state index contributed by atoms with van der Waals surface area (Å²) in [5.74, 6) is 0. The van der Waals surface area contributed by atoms with Gasteiger partial charge in [-0.05, 0) is 25.2 Å². The third kappa shape index (κ3) is 3.82. The minimum Gasteiger partial charge on any atom is -0.250 e. The van der Waals surface area contributed by atoms with E-state index in [0.717, 1.165) is 17.1 Å². The van der Waals surface area contributed by atoms with Crippen LogP contribution in [0, 0.1) is 12.3 Å². The van der Waals surface area contributed by atoms with E-state index in [2.05, 4.69) is 50.7 Å². The summed E-state index contributed by atoms with van der Waals surface area (Å²) in [5.41, 5.74) is 0.355. The summed E-state index contributed by atoms with van der Waals surface area (Å²) in [6.07, 6.45) is 5.63. The van der Waals surface area contributed by atoms with Crippen LogP contribution in [0.3, 0.4) is 0 Å². The molecule has 1 aromatic heterocycles. The standard InChI is InChI=1S/C11H17Br2NS/c1-3-4-11(7-12,8-13)5-10-6-14-9(2)15-10/h6H,3-5,7-8H2,1-2H3. The highest BCUT2D eigenvalue weighted by atomic mass is 79.9. The average Bonchev–Trinajstić information content (AvgIpc) is 2.63. The fourth-order valence-electron chi connectivity index (χ4n) is 1.74. The normalized spacial score (nSPS) is 12.0. The van der Waals surface area contributed by atoms with Gasteiger partial charge in [0, 0.05) is 21.7 Å². The summed E-state index contributed by atoms with van der Waals surface area (Å²) in [6.45, 7) is 4.32. The van der Waals surface area contributed by atoms with Crippen LogP contribution in [0.1, 0.15) is 29.7 Å². The first-order valence-electron chi connectivity index (χ1n) is 5.19. The van der Waals surface area contributed by atoms with Gasteiger partial charge in [0.1, 0.15) is 0 Å². The van der Waals surface area contributed by atoms with Gasteiger partial charge in [0.05, 0.1) is 5.01 Å². The molecule has 1 nitrogen and oxygen atoms in total. The lowest BCUT2D eigenvalue weighted by atomic mass is 9.84. The molecule has 0 N–H and O–H groups in total. The number of aromatic nitrogens is 1. The molecule has 0 amide bonds. The summed E-state index contributed by atoms with van der Waals surface area (Å²) in [4.78, 5) is 5.72. The summed E-state index contributed by atoms with van der Waals surface area (Å²) in [5, 5.41) is 3.27. The van der Waals surface area contributed by atoms with Crippen LogP contribution in [-0.4, -0.2) is 15.6 Å². The smallest absolute Gasteiger partial charge is 0.0896 e. The Hall–Kier alpha value is 0.590. The maximum atomic E-state index is 4.32. The number of aryl methyl sites for hydroxylation is 1. The maximum absolute atomic E-state index is 4.32. The SMILES string of the molecule is CCCC(CBr)(CBr)Cc1cnc(C)s1. The fourth-order valence-corrected chi connectivity index (χ4v) is 4.59. The predicted molar refractivity (Wildman–Crippen MR) is 75.5 cm³/mol. The molecule has 0 aliphatic carbocycles. The second-order valence-electron chi connectivity index (χ2n) is 4.04. The molecule has 0 spiro atoms. The minimum absolute atomic E-state index is 0.355. The minimum atomic E-state index is 0.355. The average molecular weight is 355 g/mol. The van der Waals surface area contributed by atoms with Crippen LogP contribution >= 0.6 is 43.2 Å². The second-order valence-corrected chi connectivity index (χ2v) is 6.48. The molecule has 86 valence electrons. The monoisotopic (exact) mass is 353 g/mol. The van der Waals surface area contributed by atoms with Gasteiger partial charge in [0.2, 0.25) is 0 Å². The van der Waals surface area contributed by atoms with E-state index in [1.165, 1.54) is 22.7 Å². The molecule has 0 aliphatic heterocycles. The fraction of sp³-hybridized carbons (Fsp3) is 0.727. The van der Waals surface area contributed by atoms with Gasteiger partial charge in [-0.2, -0.15) is 0 Å². The highest BCUT2D eigenvalue weighted by Gasteiger charge is 2.27. The number of alkyl halides is 2. The molecule has 1 aromatic rings. The first-order chi connectivity index (χ1) is 7.15. The lowest BCUT2D eigenvalue weighted by Crippen LogP contribution is -2.27. The number of hydrogen-bond acceptors (Lipinski definition) is 2. The Morgan fingerprint density at radius 3 is 2.47 bits per heavy atom. The van der Waals surface area contributed by atoms with Gasteiger partial charge >= 0.3 is 0 Å². The molecule has 0 fully saturated rings. The topological polar surface area (TPSA) is 12.9 Å². The molecule has 0 aromatic carbocycles. The van der Waals surface area contributed by atoms with Crippen LogP contribution in [-0.2, 0) is 6.42 Å². The molecule has 0 aliphatic rings. The summed E-state index contributed by atoms with van der Waals surface area (Å²) >= 11 is 9.12. The zero-order valence-corrected chi connectivity index (χ0v) is 13.2. The third-order valence-electron chi connectivity index (χ3n) is 2.57. The quantitative estimate of drug-likeness (QED) is 0.682. The van der Waals surface area contributed by atoms with Gasteiger partial charge in [-0.15, -0.1) is 11.3 Å². The molecule has 4 heteroatoms. The van der Waals surface area contributed by atoms with E-state index in [1.54, 1.807) is 0 Å². The lowest BCUT2D eigenvalue weighted by molar-refractivity contribution is 0.354. The van der Waals surface area contributed by atoms with E-state index in [0.29, 0.717) is 5.41 Å². The first-order valence-corrected chi connectivity index (χ1v) is 8.25. The molecule has 0 atom stereocenters. The molecular formula is C11H17Br2NS. The Morgan fingerprint density at radius 2 is 2.07 bits per heavy atom. The van der Waals surface area contributed by atoms with Crippen molar-refractivity contribution in [2.75, 3.05) is 10.7 Å². The van der Waals surface area contributed by atoms with Crippen molar-refractivity contribution >= 4 is 43.2 Å². The van der Waals surface area contributed by atoms with Crippen LogP contribution < -0.4 is 0 Å². The van der Waals surface area contributed by atoms with Gasteiger partial charge in [-0.3, -0.25) is 0 Å². The first kappa shape index (κ1) is 13.7. The summed E-state index contributed by atoms with van der Waals surface area (Å²) in [6, 6.07) is 0. The van der Waals surface area contributed by atoms with Crippen molar-refractivity contribution in [3.63, 3.8) is 0 Å². The summed E-state index contributed by atoms with van der Waals surface area (Å²) < 4.78 is 0. The van der Waals surface area contributed by atoms with E-state index in [4.69, 9.17) is 0 Å². The van der Waals surface area contributed by atoms with Crippen LogP contribution in [0.15, 0.2) is 6.20 Å². The Morgan fingerprint density at radius 1 is 1.40 bits per heavy atom. The van der Waals surface area contributed by atoms with E-state index in [-0.39, 0.29) is 0 Å². The van der Waals surface area contributed by atoms with Crippen molar-refractivity contribution in [1.82, 2.24) is 4.98 Å². The third-order valence-corrected chi connectivity index (χ3v) is 5.86. The number of rotatable bonds is 6. The zero-order valence-electron chi connectivity index (χ0n) is 9.22. The Kier molecular flexibility index (Phi) is 5.79. The molecule has 1 rings (SSSR count). The van der Waals surface area contributed by atoms with E-state index in [9.17, 15) is 0 Å². The highest BCUT2D eigenvalue weighted by molar-refractivity contribution is 9.09. The van der Waals surface area contributed by atoms with Gasteiger partial charge in [0.25, 0.3) is 0 Å². The van der Waals surface area contributed by atoms with Crippen LogP contribution in [0.25, 0.3) is 0 Å². The Labute approximate surface area is 113 Å². The highest BCUT2D eigenvalue weighted by Crippen LogP contribution is 2.34. The van der Waals surface area contributed by atoms with Crippen molar-refractivity contribution in [2.45, 2.75) is 33.1 Å². The summed E-state index contributed by atoms with van der Waals surface area (Å²) in [7, 11) is 0. The molecule has 0 saturated heterocycles. The molecule has 0 saturated carbocycles. The van der Waals surface area contributed by atoms with Crippen molar-refractivity contribution < 1.29 is 0 Å². The number of halogens is 2. The van der Waals surface area contributed by atoms with Gasteiger partial charge in [0.15, 0.2) is 0 Å². The zero-order chi connectivity index (χ0) is 11.3. The maximum Gasteiger partial charge on any atom is 0.0896 e. The molecular weight excluding hydrogens is 338 g/mol. The number of thiazole rings is 1.